The van der Waals surface area contributed by atoms with Crippen LogP contribution in [0, 0.1) is 0 Å². The number of fused-ring (bicyclic) bond motifs is 1. The van der Waals surface area contributed by atoms with Crippen LogP contribution < -0.4 is 4.90 Å². The molecule has 2 aromatic heterocycles. The number of hydrogen-bond acceptors (Lipinski definition) is 5. The molecule has 1 aliphatic rings. The van der Waals surface area contributed by atoms with Crippen molar-refractivity contribution in [3.05, 3.63) is 74.6 Å². The summed E-state index contributed by atoms with van der Waals surface area (Å²) in [7, 11) is 0. The summed E-state index contributed by atoms with van der Waals surface area (Å²) in [6.07, 6.45) is 3.70. The van der Waals surface area contributed by atoms with E-state index in [1.807, 2.05) is 65.4 Å². The third-order valence-electron chi connectivity index (χ3n) is 4.57. The third-order valence-corrected chi connectivity index (χ3v) is 6.30. The minimum atomic E-state index is -0.477. The molecule has 0 aliphatic carbocycles. The van der Waals surface area contributed by atoms with Crippen LogP contribution in [0.1, 0.15) is 21.7 Å². The molecule has 0 radical (unpaired) electrons. The van der Waals surface area contributed by atoms with E-state index in [0.29, 0.717) is 12.1 Å². The van der Waals surface area contributed by atoms with Crippen LogP contribution in [0.15, 0.2) is 59.3 Å². The number of rotatable bonds is 5. The van der Waals surface area contributed by atoms with E-state index >= 15 is 0 Å². The lowest BCUT2D eigenvalue weighted by Gasteiger charge is -2.29. The van der Waals surface area contributed by atoms with Crippen LogP contribution in [0.2, 0.25) is 0 Å². The van der Waals surface area contributed by atoms with Crippen LogP contribution >= 0.6 is 22.7 Å². The lowest BCUT2D eigenvalue weighted by molar-refractivity contribution is -0.142. The molecule has 0 unspecified atom stereocenters. The molecular formula is C22H19NO3S2. The van der Waals surface area contributed by atoms with Crippen molar-refractivity contribution in [2.45, 2.75) is 12.8 Å². The first-order valence-electron chi connectivity index (χ1n) is 9.07. The normalized spacial score (nSPS) is 13.9. The first-order valence-corrected chi connectivity index (χ1v) is 10.8. The molecule has 0 saturated carbocycles. The summed E-state index contributed by atoms with van der Waals surface area (Å²) in [5.41, 5.74) is 2.55. The number of nitrogens with zero attached hydrogens (tertiary/aromatic N) is 1. The summed E-state index contributed by atoms with van der Waals surface area (Å²) in [5.74, 6) is -0.670. The predicted octanol–water partition coefficient (Wildman–Crippen LogP) is 4.87. The molecule has 4 nitrogen and oxygen atoms in total. The Balaban J connectivity index is 1.48. The van der Waals surface area contributed by atoms with Gasteiger partial charge in [-0.05, 0) is 53.4 Å². The fraction of sp³-hybridized carbons (Fsp3) is 0.182. The number of benzene rings is 1. The van der Waals surface area contributed by atoms with Crippen LogP contribution in [-0.4, -0.2) is 25.0 Å². The van der Waals surface area contributed by atoms with Gasteiger partial charge in [0, 0.05) is 22.0 Å². The van der Waals surface area contributed by atoms with E-state index in [0.717, 1.165) is 33.8 Å². The Bertz CT molecular complexity index is 991. The van der Waals surface area contributed by atoms with Gasteiger partial charge in [0.05, 0.1) is 5.57 Å². The molecule has 28 heavy (non-hydrogen) atoms. The fourth-order valence-corrected chi connectivity index (χ4v) is 4.64. The Labute approximate surface area is 171 Å². The lowest BCUT2D eigenvalue weighted by Crippen LogP contribution is -2.38. The zero-order chi connectivity index (χ0) is 19.3. The van der Waals surface area contributed by atoms with Crippen molar-refractivity contribution in [1.82, 2.24) is 0 Å². The summed E-state index contributed by atoms with van der Waals surface area (Å²) in [6, 6.07) is 15.6. The number of esters is 1. The average molecular weight is 410 g/mol. The number of para-hydroxylation sites is 1. The number of hydrogen-bond donors (Lipinski definition) is 0. The van der Waals surface area contributed by atoms with Crippen molar-refractivity contribution in [3.63, 3.8) is 0 Å². The Kier molecular flexibility index (Phi) is 5.69. The van der Waals surface area contributed by atoms with Gasteiger partial charge in [0.1, 0.15) is 0 Å². The number of amides is 1. The summed E-state index contributed by atoms with van der Waals surface area (Å²) in [4.78, 5) is 29.0. The number of ether oxygens (including phenoxy) is 1. The van der Waals surface area contributed by atoms with E-state index in [4.69, 9.17) is 4.74 Å². The van der Waals surface area contributed by atoms with Crippen LogP contribution in [0.25, 0.3) is 11.6 Å². The highest BCUT2D eigenvalue weighted by molar-refractivity contribution is 7.12. The van der Waals surface area contributed by atoms with Crippen molar-refractivity contribution in [2.75, 3.05) is 18.1 Å². The van der Waals surface area contributed by atoms with Crippen molar-refractivity contribution in [1.29, 1.82) is 0 Å². The molecule has 142 valence electrons. The molecule has 4 rings (SSSR count). The molecule has 0 bridgehead atoms. The Morgan fingerprint density at radius 2 is 1.86 bits per heavy atom. The number of thiophene rings is 2. The fourth-order valence-electron chi connectivity index (χ4n) is 3.25. The highest BCUT2D eigenvalue weighted by Gasteiger charge is 2.24. The maximum absolute atomic E-state index is 12.8. The van der Waals surface area contributed by atoms with Gasteiger partial charge in [-0.3, -0.25) is 4.79 Å². The molecule has 1 aromatic carbocycles. The van der Waals surface area contributed by atoms with Gasteiger partial charge in [-0.25, -0.2) is 4.79 Å². The van der Waals surface area contributed by atoms with Crippen molar-refractivity contribution < 1.29 is 14.3 Å². The minimum Gasteiger partial charge on any atom is -0.452 e. The molecule has 0 spiro atoms. The molecule has 0 saturated heterocycles. The molecule has 1 aliphatic heterocycles. The lowest BCUT2D eigenvalue weighted by atomic mass is 10.0. The monoisotopic (exact) mass is 409 g/mol. The van der Waals surface area contributed by atoms with Gasteiger partial charge in [-0.1, -0.05) is 30.3 Å². The summed E-state index contributed by atoms with van der Waals surface area (Å²) in [5, 5.41) is 3.88. The number of anilines is 1. The van der Waals surface area contributed by atoms with Gasteiger partial charge < -0.3 is 9.64 Å². The molecule has 3 aromatic rings. The average Bonchev–Trinajstić information content (AvgIpc) is 3.43. The highest BCUT2D eigenvalue weighted by atomic mass is 32.1. The summed E-state index contributed by atoms with van der Waals surface area (Å²) >= 11 is 3.03. The standard InChI is InChI=1S/C22H19NO3S2/c24-21(23-11-3-7-16-6-1-2-9-19(16)23)15-26-22(25)18(20-10-5-13-28-20)14-17-8-4-12-27-17/h1-2,4-6,8-10,12-14H,3,7,11,15H2. The highest BCUT2D eigenvalue weighted by Crippen LogP contribution is 2.28. The van der Waals surface area contributed by atoms with Gasteiger partial charge in [-0.15, -0.1) is 22.7 Å². The van der Waals surface area contributed by atoms with Gasteiger partial charge in [0.15, 0.2) is 6.61 Å². The quantitative estimate of drug-likeness (QED) is 0.446. The van der Waals surface area contributed by atoms with Crippen LogP contribution in [-0.2, 0) is 20.7 Å². The van der Waals surface area contributed by atoms with Crippen molar-refractivity contribution in [3.8, 4) is 0 Å². The number of aryl methyl sites for hydroxylation is 1. The van der Waals surface area contributed by atoms with E-state index in [2.05, 4.69) is 0 Å². The van der Waals surface area contributed by atoms with E-state index < -0.39 is 5.97 Å². The molecule has 1 amide bonds. The van der Waals surface area contributed by atoms with Crippen LogP contribution in [0.5, 0.6) is 0 Å². The molecule has 6 heteroatoms. The second-order valence-electron chi connectivity index (χ2n) is 6.40. The SMILES string of the molecule is O=C(OCC(=O)N1CCCc2ccccc21)C(=Cc1cccs1)c1cccs1. The van der Waals surface area contributed by atoms with Crippen molar-refractivity contribution >= 4 is 51.9 Å². The molecule has 3 heterocycles. The molecule has 0 atom stereocenters. The number of carbonyl (C=O) groups is 2. The Hall–Kier alpha value is -2.70. The van der Waals surface area contributed by atoms with Crippen LogP contribution in [0.3, 0.4) is 0 Å². The van der Waals surface area contributed by atoms with E-state index in [9.17, 15) is 9.59 Å². The predicted molar refractivity (Wildman–Crippen MR) is 115 cm³/mol. The smallest absolute Gasteiger partial charge is 0.340 e. The second kappa shape index (κ2) is 8.54. The molecule has 0 N–H and O–H groups in total. The van der Waals surface area contributed by atoms with Crippen LogP contribution in [0.4, 0.5) is 5.69 Å². The minimum absolute atomic E-state index is 0.192. The van der Waals surface area contributed by atoms with Gasteiger partial charge >= 0.3 is 5.97 Å². The van der Waals surface area contributed by atoms with Gasteiger partial charge in [-0.2, -0.15) is 0 Å². The number of carbonyl (C=O) groups excluding carboxylic acids is 2. The molecular weight excluding hydrogens is 390 g/mol. The summed E-state index contributed by atoms with van der Waals surface area (Å²) < 4.78 is 5.42. The van der Waals surface area contributed by atoms with Gasteiger partial charge in [0.25, 0.3) is 5.91 Å². The Morgan fingerprint density at radius 3 is 2.64 bits per heavy atom. The zero-order valence-electron chi connectivity index (χ0n) is 15.2. The third kappa shape index (κ3) is 4.08. The maximum atomic E-state index is 12.8. The first-order chi connectivity index (χ1) is 13.7. The zero-order valence-corrected chi connectivity index (χ0v) is 16.8. The topological polar surface area (TPSA) is 46.6 Å². The first kappa shape index (κ1) is 18.7. The Morgan fingerprint density at radius 1 is 1.04 bits per heavy atom. The van der Waals surface area contributed by atoms with E-state index in [-0.39, 0.29) is 12.5 Å². The molecule has 0 fully saturated rings. The van der Waals surface area contributed by atoms with Gasteiger partial charge in [0.2, 0.25) is 0 Å². The maximum Gasteiger partial charge on any atom is 0.340 e. The summed E-state index contributed by atoms with van der Waals surface area (Å²) in [6.45, 7) is 0.385. The van der Waals surface area contributed by atoms with E-state index in [1.165, 1.54) is 11.3 Å². The van der Waals surface area contributed by atoms with Crippen molar-refractivity contribution in [2.24, 2.45) is 0 Å². The second-order valence-corrected chi connectivity index (χ2v) is 8.33. The van der Waals surface area contributed by atoms with E-state index in [1.54, 1.807) is 16.2 Å². The largest absolute Gasteiger partial charge is 0.452 e.